The average Bonchev–Trinajstić information content (AvgIpc) is 2.24. The standard InChI is InChI=1S/C12H13F3O2S/c1-7(2)6-18-8-3-4-10(12(13,14)15)9(5-8)11(16)17/h3-5,7H,6H2,1-2H3,(H,16,17). The second kappa shape index (κ2) is 5.65. The van der Waals surface area contributed by atoms with Gasteiger partial charge in [0.05, 0.1) is 11.1 Å². The van der Waals surface area contributed by atoms with E-state index in [1.807, 2.05) is 13.8 Å². The van der Waals surface area contributed by atoms with Crippen molar-refractivity contribution < 1.29 is 23.1 Å². The van der Waals surface area contributed by atoms with E-state index in [4.69, 9.17) is 5.11 Å². The number of carboxylic acid groups (broad SMARTS) is 1. The van der Waals surface area contributed by atoms with Gasteiger partial charge in [-0.2, -0.15) is 13.2 Å². The molecule has 1 aromatic carbocycles. The monoisotopic (exact) mass is 278 g/mol. The smallest absolute Gasteiger partial charge is 0.417 e. The van der Waals surface area contributed by atoms with Crippen molar-refractivity contribution in [2.24, 2.45) is 5.92 Å². The van der Waals surface area contributed by atoms with E-state index in [0.29, 0.717) is 10.8 Å². The van der Waals surface area contributed by atoms with Crippen LogP contribution in [0.2, 0.25) is 0 Å². The Bertz CT molecular complexity index is 441. The molecule has 0 spiro atoms. The van der Waals surface area contributed by atoms with Crippen molar-refractivity contribution in [3.05, 3.63) is 29.3 Å². The van der Waals surface area contributed by atoms with E-state index in [9.17, 15) is 18.0 Å². The van der Waals surface area contributed by atoms with E-state index in [-0.39, 0.29) is 0 Å². The summed E-state index contributed by atoms with van der Waals surface area (Å²) in [5.74, 6) is -0.454. The molecule has 0 amide bonds. The number of carboxylic acids is 1. The Labute approximate surface area is 107 Å². The van der Waals surface area contributed by atoms with E-state index in [1.165, 1.54) is 17.8 Å². The number of halogens is 3. The van der Waals surface area contributed by atoms with E-state index < -0.39 is 23.3 Å². The molecule has 1 N–H and O–H groups in total. The highest BCUT2D eigenvalue weighted by Gasteiger charge is 2.35. The second-order valence-electron chi connectivity index (χ2n) is 4.22. The largest absolute Gasteiger partial charge is 0.478 e. The molecule has 0 saturated carbocycles. The summed E-state index contributed by atoms with van der Waals surface area (Å²) in [6.45, 7) is 3.96. The molecule has 0 radical (unpaired) electrons. The normalized spacial score (nSPS) is 11.9. The van der Waals surface area contributed by atoms with Crippen molar-refractivity contribution in [2.75, 3.05) is 5.75 Å². The Morgan fingerprint density at radius 2 is 2.00 bits per heavy atom. The highest BCUT2D eigenvalue weighted by atomic mass is 32.2. The van der Waals surface area contributed by atoms with Crippen LogP contribution in [0.5, 0.6) is 0 Å². The van der Waals surface area contributed by atoms with E-state index in [0.717, 1.165) is 17.9 Å². The molecular weight excluding hydrogens is 265 g/mol. The van der Waals surface area contributed by atoms with E-state index >= 15 is 0 Å². The first-order valence-corrected chi connectivity index (χ1v) is 6.27. The zero-order chi connectivity index (χ0) is 13.9. The van der Waals surface area contributed by atoms with Gasteiger partial charge in [-0.25, -0.2) is 4.79 Å². The van der Waals surface area contributed by atoms with Crippen LogP contribution in [0.3, 0.4) is 0 Å². The first kappa shape index (κ1) is 14.9. The molecule has 0 aromatic heterocycles. The topological polar surface area (TPSA) is 37.3 Å². The van der Waals surface area contributed by atoms with Gasteiger partial charge in [-0.15, -0.1) is 11.8 Å². The molecule has 6 heteroatoms. The van der Waals surface area contributed by atoms with Crippen LogP contribution in [0.1, 0.15) is 29.8 Å². The number of alkyl halides is 3. The van der Waals surface area contributed by atoms with E-state index in [2.05, 4.69) is 0 Å². The maximum absolute atomic E-state index is 12.6. The van der Waals surface area contributed by atoms with Gasteiger partial charge in [0.25, 0.3) is 0 Å². The molecule has 100 valence electrons. The number of hydrogen-bond donors (Lipinski definition) is 1. The van der Waals surface area contributed by atoms with Crippen LogP contribution in [0.4, 0.5) is 13.2 Å². The molecule has 0 aliphatic carbocycles. The van der Waals surface area contributed by atoms with Crippen molar-refractivity contribution in [3.63, 3.8) is 0 Å². The van der Waals surface area contributed by atoms with Crippen LogP contribution in [-0.4, -0.2) is 16.8 Å². The lowest BCUT2D eigenvalue weighted by Crippen LogP contribution is -2.12. The number of aromatic carboxylic acids is 1. The predicted octanol–water partition coefficient (Wildman–Crippen LogP) is 4.15. The fourth-order valence-corrected chi connectivity index (χ4v) is 2.19. The van der Waals surface area contributed by atoms with E-state index in [1.54, 1.807) is 0 Å². The molecule has 0 aliphatic rings. The van der Waals surface area contributed by atoms with Gasteiger partial charge in [0.2, 0.25) is 0 Å². The Balaban J connectivity index is 3.08. The molecule has 0 unspecified atom stereocenters. The van der Waals surface area contributed by atoms with Gasteiger partial charge in [-0.3, -0.25) is 0 Å². The van der Waals surface area contributed by atoms with Crippen molar-refractivity contribution in [2.45, 2.75) is 24.9 Å². The van der Waals surface area contributed by atoms with Gasteiger partial charge in [0, 0.05) is 10.6 Å². The Morgan fingerprint density at radius 3 is 2.44 bits per heavy atom. The Kier molecular flexibility index (Phi) is 4.67. The molecule has 1 aromatic rings. The highest BCUT2D eigenvalue weighted by molar-refractivity contribution is 7.99. The predicted molar refractivity (Wildman–Crippen MR) is 64.0 cm³/mol. The summed E-state index contributed by atoms with van der Waals surface area (Å²) in [4.78, 5) is 11.4. The number of carbonyl (C=O) groups is 1. The first-order valence-electron chi connectivity index (χ1n) is 5.29. The maximum atomic E-state index is 12.6. The molecule has 0 heterocycles. The third-order valence-corrected chi connectivity index (χ3v) is 3.53. The van der Waals surface area contributed by atoms with Crippen LogP contribution in [-0.2, 0) is 6.18 Å². The van der Waals surface area contributed by atoms with Crippen molar-refractivity contribution >= 4 is 17.7 Å². The van der Waals surface area contributed by atoms with Crippen LogP contribution >= 0.6 is 11.8 Å². The lowest BCUT2D eigenvalue weighted by Gasteiger charge is -2.12. The van der Waals surface area contributed by atoms with Crippen LogP contribution in [0.15, 0.2) is 23.1 Å². The van der Waals surface area contributed by atoms with Crippen molar-refractivity contribution in [3.8, 4) is 0 Å². The second-order valence-corrected chi connectivity index (χ2v) is 5.31. The third kappa shape index (κ3) is 3.94. The lowest BCUT2D eigenvalue weighted by atomic mass is 10.1. The quantitative estimate of drug-likeness (QED) is 0.841. The number of hydrogen-bond acceptors (Lipinski definition) is 2. The summed E-state index contributed by atoms with van der Waals surface area (Å²) < 4.78 is 37.8. The molecule has 0 saturated heterocycles. The van der Waals surface area contributed by atoms with Gasteiger partial charge < -0.3 is 5.11 Å². The Morgan fingerprint density at radius 1 is 1.39 bits per heavy atom. The minimum absolute atomic E-state index is 0.380. The number of rotatable bonds is 4. The van der Waals surface area contributed by atoms with Crippen LogP contribution < -0.4 is 0 Å². The van der Waals surface area contributed by atoms with Gasteiger partial charge in [-0.1, -0.05) is 13.8 Å². The van der Waals surface area contributed by atoms with Gasteiger partial charge >= 0.3 is 12.1 Å². The summed E-state index contributed by atoms with van der Waals surface area (Å²) in [5, 5.41) is 8.82. The molecule has 0 aliphatic heterocycles. The zero-order valence-corrected chi connectivity index (χ0v) is 10.7. The SMILES string of the molecule is CC(C)CSc1ccc(C(F)(F)F)c(C(=O)O)c1. The van der Waals surface area contributed by atoms with Crippen molar-refractivity contribution in [1.82, 2.24) is 0 Å². The van der Waals surface area contributed by atoms with Gasteiger partial charge in [0.15, 0.2) is 0 Å². The molecular formula is C12H13F3O2S. The minimum atomic E-state index is -4.64. The molecule has 18 heavy (non-hydrogen) atoms. The number of benzene rings is 1. The van der Waals surface area contributed by atoms with Crippen LogP contribution in [0.25, 0.3) is 0 Å². The fourth-order valence-electron chi connectivity index (χ4n) is 1.30. The van der Waals surface area contributed by atoms with Gasteiger partial charge in [0.1, 0.15) is 0 Å². The summed E-state index contributed by atoms with van der Waals surface area (Å²) in [5.41, 5.74) is -1.81. The van der Waals surface area contributed by atoms with Crippen molar-refractivity contribution in [1.29, 1.82) is 0 Å². The maximum Gasteiger partial charge on any atom is 0.417 e. The molecule has 0 fully saturated rings. The molecule has 0 atom stereocenters. The lowest BCUT2D eigenvalue weighted by molar-refractivity contribution is -0.138. The molecule has 2 nitrogen and oxygen atoms in total. The molecule has 0 bridgehead atoms. The highest BCUT2D eigenvalue weighted by Crippen LogP contribution is 2.34. The third-order valence-electron chi connectivity index (χ3n) is 2.11. The summed E-state index contributed by atoms with van der Waals surface area (Å²) >= 11 is 1.35. The average molecular weight is 278 g/mol. The van der Waals surface area contributed by atoms with Gasteiger partial charge in [-0.05, 0) is 24.1 Å². The summed E-state index contributed by atoms with van der Waals surface area (Å²) in [6, 6.07) is 3.21. The zero-order valence-electron chi connectivity index (χ0n) is 9.91. The summed E-state index contributed by atoms with van der Waals surface area (Å²) in [6.07, 6.45) is -4.64. The minimum Gasteiger partial charge on any atom is -0.478 e. The van der Waals surface area contributed by atoms with Crippen LogP contribution in [0, 0.1) is 5.92 Å². The number of thioether (sulfide) groups is 1. The Hall–Kier alpha value is -1.17. The molecule has 1 rings (SSSR count). The fraction of sp³-hybridized carbons (Fsp3) is 0.417. The summed E-state index contributed by atoms with van der Waals surface area (Å²) in [7, 11) is 0. The first-order chi connectivity index (χ1) is 8.21.